The predicted molar refractivity (Wildman–Crippen MR) is 203 cm³/mol. The van der Waals surface area contributed by atoms with Crippen LogP contribution in [0.4, 0.5) is 14.5 Å². The molecule has 3 saturated heterocycles. The van der Waals surface area contributed by atoms with Gasteiger partial charge in [-0.2, -0.15) is 13.5 Å². The van der Waals surface area contributed by atoms with E-state index in [0.29, 0.717) is 57.8 Å². The van der Waals surface area contributed by atoms with E-state index in [1.807, 2.05) is 0 Å². The Kier molecular flexibility index (Phi) is 12.3. The summed E-state index contributed by atoms with van der Waals surface area (Å²) in [7, 11) is 1.57. The quantitative estimate of drug-likeness (QED) is 0.0678. The first-order valence-corrected chi connectivity index (χ1v) is 19.2. The molecule has 0 spiro atoms. The van der Waals surface area contributed by atoms with Crippen molar-refractivity contribution < 1.29 is 46.8 Å². The van der Waals surface area contributed by atoms with Gasteiger partial charge in [0.25, 0.3) is 0 Å². The van der Waals surface area contributed by atoms with Crippen LogP contribution >= 0.6 is 23.2 Å². The van der Waals surface area contributed by atoms with Gasteiger partial charge in [-0.05, 0) is 110 Å². The van der Waals surface area contributed by atoms with Crippen LogP contribution in [0.3, 0.4) is 0 Å². The Morgan fingerprint density at radius 1 is 0.929 bits per heavy atom. The maximum atomic E-state index is 13.8. The van der Waals surface area contributed by atoms with E-state index in [0.717, 1.165) is 51.2 Å². The summed E-state index contributed by atoms with van der Waals surface area (Å²) in [5.41, 5.74) is 2.13. The van der Waals surface area contributed by atoms with E-state index in [2.05, 4.69) is 10.2 Å². The molecule has 0 radical (unpaired) electrons. The van der Waals surface area contributed by atoms with Gasteiger partial charge < -0.3 is 34.2 Å². The molecule has 4 heterocycles. The number of aromatic nitrogens is 1. The number of hydrogen-bond acceptors (Lipinski definition) is 10. The maximum absolute atomic E-state index is 13.8. The number of methoxy groups -OCH3 is 1. The highest BCUT2D eigenvalue weighted by molar-refractivity contribution is 6.35. The molecule has 3 atom stereocenters. The minimum atomic E-state index is -3.08. The van der Waals surface area contributed by atoms with Gasteiger partial charge in [-0.15, -0.1) is 0 Å². The third-order valence-corrected chi connectivity index (χ3v) is 11.1. The van der Waals surface area contributed by atoms with Crippen LogP contribution in [-0.2, 0) is 20.7 Å². The smallest absolute Gasteiger partial charge is 0.387 e. The molecule has 11 nitrogen and oxygen atoms in total. The first-order chi connectivity index (χ1) is 27.0. The molecule has 0 amide bonds. The molecular formula is C41H41Cl2F2N3O8. The van der Waals surface area contributed by atoms with Crippen molar-refractivity contribution in [3.8, 4) is 17.2 Å². The van der Waals surface area contributed by atoms with Crippen molar-refractivity contribution >= 4 is 40.8 Å². The SMILES string of the molecule is COc1ccc(C(Nc2ccc(C(=O)OC(Cc3c(Cl)c[n+]([O-])cc3Cl)c3ccc(OC(F)F)c(OCC4CC4)c3)cc2)C(=O)O[C@H]2CN3CCC2CC3)cc1. The number of anilines is 1. The number of nitrogens with one attached hydrogen (secondary N) is 1. The van der Waals surface area contributed by atoms with Crippen LogP contribution in [0.25, 0.3) is 0 Å². The van der Waals surface area contributed by atoms with Gasteiger partial charge in [-0.1, -0.05) is 41.4 Å². The first kappa shape index (κ1) is 39.4. The van der Waals surface area contributed by atoms with Gasteiger partial charge in [0.2, 0.25) is 0 Å². The number of fused-ring (bicyclic) bond motifs is 3. The Labute approximate surface area is 332 Å². The third-order valence-electron chi connectivity index (χ3n) is 10.4. The van der Waals surface area contributed by atoms with Crippen molar-refractivity contribution in [2.75, 3.05) is 38.7 Å². The summed E-state index contributed by atoms with van der Waals surface area (Å²) in [6.07, 6.45) is 4.88. The van der Waals surface area contributed by atoms with Crippen LogP contribution in [0.5, 0.6) is 17.2 Å². The second kappa shape index (κ2) is 17.5. The number of pyridine rings is 1. The molecule has 1 aliphatic carbocycles. The number of carbonyl (C=O) groups excluding carboxylic acids is 2. The zero-order chi connectivity index (χ0) is 39.3. The number of piperidine rings is 3. The lowest BCUT2D eigenvalue weighted by atomic mass is 9.86. The van der Waals surface area contributed by atoms with E-state index in [9.17, 15) is 23.6 Å². The van der Waals surface area contributed by atoms with Crippen molar-refractivity contribution in [3.63, 3.8) is 0 Å². The highest BCUT2D eigenvalue weighted by atomic mass is 35.5. The average Bonchev–Trinajstić information content (AvgIpc) is 4.03. The van der Waals surface area contributed by atoms with Gasteiger partial charge in [0.05, 0.1) is 19.3 Å². The zero-order valence-corrected chi connectivity index (χ0v) is 32.0. The number of carbonyl (C=O) groups is 2. The van der Waals surface area contributed by atoms with Gasteiger partial charge in [0.15, 0.2) is 29.9 Å². The number of benzene rings is 3. The number of esters is 2. The summed E-state index contributed by atoms with van der Waals surface area (Å²) in [5.74, 6) is 0.0553. The predicted octanol–water partition coefficient (Wildman–Crippen LogP) is 7.96. The van der Waals surface area contributed by atoms with Crippen LogP contribution < -0.4 is 24.3 Å². The molecule has 3 aliphatic heterocycles. The van der Waals surface area contributed by atoms with Gasteiger partial charge in [0, 0.05) is 24.2 Å². The van der Waals surface area contributed by atoms with Crippen LogP contribution in [0.15, 0.2) is 79.1 Å². The summed E-state index contributed by atoms with van der Waals surface area (Å²) < 4.78 is 55.1. The maximum Gasteiger partial charge on any atom is 0.387 e. The molecule has 4 aromatic rings. The van der Waals surface area contributed by atoms with Crippen LogP contribution in [-0.4, -0.2) is 62.9 Å². The lowest BCUT2D eigenvalue weighted by Crippen LogP contribution is -2.52. The fraction of sp³-hybridized carbons (Fsp3) is 0.390. The molecule has 1 N–H and O–H groups in total. The van der Waals surface area contributed by atoms with Crippen LogP contribution in [0.1, 0.15) is 64.9 Å². The fourth-order valence-electron chi connectivity index (χ4n) is 7.06. The van der Waals surface area contributed by atoms with Crippen molar-refractivity contribution in [1.82, 2.24) is 4.90 Å². The van der Waals surface area contributed by atoms with Crippen LogP contribution in [0, 0.1) is 17.0 Å². The Hall–Kier alpha value is -4.85. The Balaban J connectivity index is 1.11. The third kappa shape index (κ3) is 9.74. The Morgan fingerprint density at radius 2 is 1.61 bits per heavy atom. The van der Waals surface area contributed by atoms with E-state index in [1.165, 1.54) is 18.2 Å². The number of nitrogens with zero attached hydrogens (tertiary/aromatic N) is 2. The zero-order valence-electron chi connectivity index (χ0n) is 30.5. The van der Waals surface area contributed by atoms with E-state index in [-0.39, 0.29) is 39.6 Å². The van der Waals surface area contributed by atoms with E-state index in [1.54, 1.807) is 55.6 Å². The molecule has 8 rings (SSSR count). The monoisotopic (exact) mass is 811 g/mol. The molecule has 4 aliphatic rings. The molecular weight excluding hydrogens is 771 g/mol. The molecule has 4 fully saturated rings. The summed E-state index contributed by atoms with van der Waals surface area (Å²) in [5, 5.41) is 15.3. The lowest BCUT2D eigenvalue weighted by Gasteiger charge is -2.44. The fourth-order valence-corrected chi connectivity index (χ4v) is 7.66. The van der Waals surface area contributed by atoms with Gasteiger partial charge in [0.1, 0.15) is 28.0 Å². The van der Waals surface area contributed by atoms with E-state index >= 15 is 0 Å². The molecule has 2 bridgehead atoms. The number of halogens is 4. The largest absolute Gasteiger partial charge is 0.619 e. The van der Waals surface area contributed by atoms with Gasteiger partial charge >= 0.3 is 18.6 Å². The Morgan fingerprint density at radius 3 is 2.21 bits per heavy atom. The number of hydrogen-bond donors (Lipinski definition) is 1. The summed E-state index contributed by atoms with van der Waals surface area (Å²) in [6.45, 7) is -0.0277. The number of rotatable bonds is 16. The van der Waals surface area contributed by atoms with Gasteiger partial charge in [-0.3, -0.25) is 4.90 Å². The number of alkyl halides is 2. The second-order valence-electron chi connectivity index (χ2n) is 14.3. The van der Waals surface area contributed by atoms with E-state index in [4.69, 9.17) is 46.9 Å². The minimum absolute atomic E-state index is 0.0466. The summed E-state index contributed by atoms with van der Waals surface area (Å²) in [4.78, 5) is 29.9. The molecule has 56 heavy (non-hydrogen) atoms. The molecule has 296 valence electrons. The molecule has 3 aromatic carbocycles. The van der Waals surface area contributed by atoms with Crippen molar-refractivity contribution in [2.45, 2.75) is 57.0 Å². The first-order valence-electron chi connectivity index (χ1n) is 18.5. The van der Waals surface area contributed by atoms with Gasteiger partial charge in [-0.25, -0.2) is 9.59 Å². The van der Waals surface area contributed by atoms with Crippen LogP contribution in [0.2, 0.25) is 10.0 Å². The molecule has 15 heteroatoms. The second-order valence-corrected chi connectivity index (χ2v) is 15.1. The highest BCUT2D eigenvalue weighted by Gasteiger charge is 2.38. The Bertz CT molecular complexity index is 1990. The van der Waals surface area contributed by atoms with Crippen molar-refractivity contribution in [3.05, 3.63) is 117 Å². The number of ether oxygens (including phenoxy) is 5. The van der Waals surface area contributed by atoms with Crippen molar-refractivity contribution in [1.29, 1.82) is 0 Å². The normalized spacial score (nSPS) is 19.9. The standard InChI is InChI=1S/C41H41Cl2F2N3O8/c1-52-30-11-6-26(7-12-30)38(40(50)55-37-22-47-16-14-25(37)15-17-47)46-29-9-4-27(5-10-29)39(49)54-35(19-31-32(42)20-48(51)21-33(31)43)28-8-13-34(56-41(44)45)36(18-28)53-23-24-2-3-24/h4-13,18,20-21,24-25,35,37-38,41,46H,2-3,14-17,19,22-23H2,1H3/t35?,37-,38?/m0/s1. The average molecular weight is 813 g/mol. The minimum Gasteiger partial charge on any atom is -0.619 e. The summed E-state index contributed by atoms with van der Waals surface area (Å²) in [6, 6.07) is 17.0. The molecule has 2 unspecified atom stereocenters. The van der Waals surface area contributed by atoms with E-state index < -0.39 is 30.7 Å². The summed E-state index contributed by atoms with van der Waals surface area (Å²) >= 11 is 12.8. The molecule has 1 aromatic heterocycles. The van der Waals surface area contributed by atoms with Crippen molar-refractivity contribution in [2.24, 2.45) is 11.8 Å². The topological polar surface area (TPSA) is 122 Å². The molecule has 1 saturated carbocycles. The lowest BCUT2D eigenvalue weighted by molar-refractivity contribution is -0.605. The highest BCUT2D eigenvalue weighted by Crippen LogP contribution is 2.38.